The van der Waals surface area contributed by atoms with Gasteiger partial charge in [-0.2, -0.15) is 5.10 Å². The highest BCUT2D eigenvalue weighted by molar-refractivity contribution is 6.31. The molecule has 4 rings (SSSR count). The van der Waals surface area contributed by atoms with Crippen LogP contribution in [0.4, 0.5) is 5.82 Å². The molecule has 0 spiro atoms. The Kier molecular flexibility index (Phi) is 5.40. The van der Waals surface area contributed by atoms with Gasteiger partial charge in [-0.25, -0.2) is 19.7 Å². The van der Waals surface area contributed by atoms with Gasteiger partial charge >= 0.3 is 5.97 Å². The largest absolute Gasteiger partial charge is 0.449 e. The maximum absolute atomic E-state index is 12.4. The van der Waals surface area contributed by atoms with Crippen molar-refractivity contribution in [2.24, 2.45) is 0 Å². The van der Waals surface area contributed by atoms with Gasteiger partial charge in [-0.3, -0.25) is 9.48 Å². The molecule has 1 unspecified atom stereocenters. The second-order valence-corrected chi connectivity index (χ2v) is 6.79. The predicted molar refractivity (Wildman–Crippen MR) is 108 cm³/mol. The molecule has 3 aromatic heterocycles. The molecule has 0 saturated carbocycles. The third kappa shape index (κ3) is 4.13. The van der Waals surface area contributed by atoms with E-state index in [1.54, 1.807) is 10.7 Å². The molecule has 30 heavy (non-hydrogen) atoms. The van der Waals surface area contributed by atoms with Gasteiger partial charge in [-0.1, -0.05) is 29.8 Å². The van der Waals surface area contributed by atoms with Crippen LogP contribution in [0.3, 0.4) is 0 Å². The molecular formula is C19H16ClN7O3. The van der Waals surface area contributed by atoms with Crippen molar-refractivity contribution in [3.63, 3.8) is 0 Å². The first-order valence-corrected chi connectivity index (χ1v) is 9.31. The third-order valence-electron chi connectivity index (χ3n) is 4.28. The average molecular weight is 426 g/mol. The monoisotopic (exact) mass is 425 g/mol. The van der Waals surface area contributed by atoms with Crippen LogP contribution in [0.15, 0.2) is 49.3 Å². The van der Waals surface area contributed by atoms with Gasteiger partial charge in [0.25, 0.3) is 5.91 Å². The molecule has 1 atom stereocenters. The summed E-state index contributed by atoms with van der Waals surface area (Å²) in [4.78, 5) is 39.6. The van der Waals surface area contributed by atoms with E-state index in [2.05, 4.69) is 30.4 Å². The van der Waals surface area contributed by atoms with Gasteiger partial charge < -0.3 is 15.0 Å². The van der Waals surface area contributed by atoms with Gasteiger partial charge in [0.15, 0.2) is 17.6 Å². The number of H-pyrrole nitrogens is 1. The SMILES string of the molecule is CC(OC(=O)c1cnn(Cc2ccccc2Cl)c1)C(=O)Nc1ncnc2nc[nH]c12. The number of anilines is 1. The second-order valence-electron chi connectivity index (χ2n) is 6.38. The molecule has 3 heterocycles. The van der Waals surface area contributed by atoms with E-state index in [1.807, 2.05) is 18.2 Å². The quantitative estimate of drug-likeness (QED) is 0.454. The summed E-state index contributed by atoms with van der Waals surface area (Å²) in [5.41, 5.74) is 1.98. The molecule has 0 aliphatic heterocycles. The van der Waals surface area contributed by atoms with Crippen molar-refractivity contribution in [3.05, 3.63) is 65.5 Å². The van der Waals surface area contributed by atoms with E-state index in [0.29, 0.717) is 22.7 Å². The fourth-order valence-corrected chi connectivity index (χ4v) is 2.91. The summed E-state index contributed by atoms with van der Waals surface area (Å²) >= 11 is 6.15. The minimum Gasteiger partial charge on any atom is -0.449 e. The maximum Gasteiger partial charge on any atom is 0.342 e. The number of halogens is 1. The van der Waals surface area contributed by atoms with Crippen molar-refractivity contribution < 1.29 is 14.3 Å². The van der Waals surface area contributed by atoms with Crippen LogP contribution < -0.4 is 5.32 Å². The highest BCUT2D eigenvalue weighted by atomic mass is 35.5. The molecule has 0 aliphatic carbocycles. The van der Waals surface area contributed by atoms with E-state index >= 15 is 0 Å². The Balaban J connectivity index is 1.39. The number of fused-ring (bicyclic) bond motifs is 1. The normalized spacial score (nSPS) is 11.9. The van der Waals surface area contributed by atoms with Crippen LogP contribution in [0, 0.1) is 0 Å². The van der Waals surface area contributed by atoms with Crippen molar-refractivity contribution in [2.45, 2.75) is 19.6 Å². The fourth-order valence-electron chi connectivity index (χ4n) is 2.72. The summed E-state index contributed by atoms with van der Waals surface area (Å²) in [7, 11) is 0. The molecule has 0 bridgehead atoms. The summed E-state index contributed by atoms with van der Waals surface area (Å²) < 4.78 is 6.82. The van der Waals surface area contributed by atoms with Crippen LogP contribution in [-0.2, 0) is 16.1 Å². The number of ether oxygens (including phenoxy) is 1. The van der Waals surface area contributed by atoms with E-state index in [4.69, 9.17) is 16.3 Å². The van der Waals surface area contributed by atoms with Gasteiger partial charge in [-0.05, 0) is 18.6 Å². The van der Waals surface area contributed by atoms with Crippen molar-refractivity contribution in [1.29, 1.82) is 0 Å². The van der Waals surface area contributed by atoms with Crippen molar-refractivity contribution in [1.82, 2.24) is 29.7 Å². The number of carbonyl (C=O) groups excluding carboxylic acids is 2. The average Bonchev–Trinajstić information content (AvgIpc) is 3.39. The Morgan fingerprint density at radius 1 is 1.27 bits per heavy atom. The van der Waals surface area contributed by atoms with Crippen LogP contribution in [0.2, 0.25) is 5.02 Å². The first-order chi connectivity index (χ1) is 14.5. The topological polar surface area (TPSA) is 128 Å². The Morgan fingerprint density at radius 3 is 2.93 bits per heavy atom. The van der Waals surface area contributed by atoms with Crippen LogP contribution >= 0.6 is 11.6 Å². The number of rotatable bonds is 6. The van der Waals surface area contributed by atoms with Crippen LogP contribution in [0.1, 0.15) is 22.8 Å². The highest BCUT2D eigenvalue weighted by Crippen LogP contribution is 2.17. The lowest BCUT2D eigenvalue weighted by Gasteiger charge is -2.12. The van der Waals surface area contributed by atoms with Gasteiger partial charge in [0, 0.05) is 11.2 Å². The second kappa shape index (κ2) is 8.29. The molecule has 2 N–H and O–H groups in total. The Bertz CT molecular complexity index is 1220. The van der Waals surface area contributed by atoms with E-state index in [0.717, 1.165) is 5.56 Å². The Hall–Kier alpha value is -3.79. The molecule has 0 radical (unpaired) electrons. The minimum atomic E-state index is -1.06. The van der Waals surface area contributed by atoms with Gasteiger partial charge in [0.05, 0.1) is 24.6 Å². The number of hydrogen-bond acceptors (Lipinski definition) is 7. The van der Waals surface area contributed by atoms with E-state index in [-0.39, 0.29) is 11.4 Å². The summed E-state index contributed by atoms with van der Waals surface area (Å²) in [5, 5.41) is 7.36. The predicted octanol–water partition coefficient (Wildman–Crippen LogP) is 2.44. The maximum atomic E-state index is 12.4. The van der Waals surface area contributed by atoms with Crippen LogP contribution in [-0.4, -0.2) is 47.7 Å². The summed E-state index contributed by atoms with van der Waals surface area (Å²) in [5.74, 6) is -0.961. The van der Waals surface area contributed by atoms with Gasteiger partial charge in [0.2, 0.25) is 0 Å². The Morgan fingerprint density at radius 2 is 2.10 bits per heavy atom. The van der Waals surface area contributed by atoms with E-state index in [1.165, 1.54) is 32.0 Å². The van der Waals surface area contributed by atoms with Crippen LogP contribution in [0.25, 0.3) is 11.2 Å². The standard InChI is InChI=1S/C19H16ClN7O3/c1-11(18(28)26-17-15-16(22-9-21-15)23-10-24-17)30-19(29)13-6-25-27(8-13)7-12-4-2-3-5-14(12)20/h2-6,8-11H,7H2,1H3,(H2,21,22,23,24,26,28). The molecule has 10 nitrogen and oxygen atoms in total. The lowest BCUT2D eigenvalue weighted by molar-refractivity contribution is -0.123. The fraction of sp³-hybridized carbons (Fsp3) is 0.158. The minimum absolute atomic E-state index is 0.222. The smallest absolute Gasteiger partial charge is 0.342 e. The number of nitrogens with one attached hydrogen (secondary N) is 2. The number of hydrogen-bond donors (Lipinski definition) is 2. The number of carbonyl (C=O) groups is 2. The van der Waals surface area contributed by atoms with Crippen molar-refractivity contribution in [2.75, 3.05) is 5.32 Å². The van der Waals surface area contributed by atoms with E-state index in [9.17, 15) is 9.59 Å². The third-order valence-corrected chi connectivity index (χ3v) is 4.65. The molecule has 0 fully saturated rings. The zero-order valence-electron chi connectivity index (χ0n) is 15.7. The zero-order valence-corrected chi connectivity index (χ0v) is 16.5. The highest BCUT2D eigenvalue weighted by Gasteiger charge is 2.21. The number of aromatic nitrogens is 6. The molecule has 1 aromatic carbocycles. The number of aromatic amines is 1. The molecule has 4 aromatic rings. The van der Waals surface area contributed by atoms with Crippen LogP contribution in [0.5, 0.6) is 0 Å². The number of imidazole rings is 1. The number of benzene rings is 1. The first-order valence-electron chi connectivity index (χ1n) is 8.93. The molecular weight excluding hydrogens is 410 g/mol. The van der Waals surface area contributed by atoms with Gasteiger partial charge in [0.1, 0.15) is 11.8 Å². The van der Waals surface area contributed by atoms with Crippen molar-refractivity contribution >= 4 is 40.5 Å². The van der Waals surface area contributed by atoms with Gasteiger partial charge in [-0.15, -0.1) is 0 Å². The first kappa shape index (κ1) is 19.5. The summed E-state index contributed by atoms with van der Waals surface area (Å²) in [6, 6.07) is 7.36. The molecule has 0 aliphatic rings. The molecule has 1 amide bonds. The van der Waals surface area contributed by atoms with Crippen molar-refractivity contribution in [3.8, 4) is 0 Å². The Labute approximate surface area is 175 Å². The molecule has 11 heteroatoms. The number of amides is 1. The number of esters is 1. The lowest BCUT2D eigenvalue weighted by atomic mass is 10.2. The lowest BCUT2D eigenvalue weighted by Crippen LogP contribution is -2.30. The van der Waals surface area contributed by atoms with E-state index < -0.39 is 18.0 Å². The molecule has 152 valence electrons. The number of nitrogens with zero attached hydrogens (tertiary/aromatic N) is 5. The molecule has 0 saturated heterocycles. The summed E-state index contributed by atoms with van der Waals surface area (Å²) in [6.45, 7) is 1.86. The summed E-state index contributed by atoms with van der Waals surface area (Å²) in [6.07, 6.45) is 4.58. The zero-order chi connectivity index (χ0) is 21.1.